The van der Waals surface area contributed by atoms with Crippen LogP contribution in [-0.2, 0) is 19.7 Å². The average molecular weight is 601 g/mol. The van der Waals surface area contributed by atoms with Gasteiger partial charge in [0.05, 0.1) is 40.7 Å². The van der Waals surface area contributed by atoms with Crippen LogP contribution < -0.4 is 15.2 Å². The maximum Gasteiger partial charge on any atom is 0.210 e. The zero-order chi connectivity index (χ0) is 30.1. The topological polar surface area (TPSA) is 137 Å². The minimum absolute atomic E-state index is 0.0687. The molecule has 0 aliphatic heterocycles. The van der Waals surface area contributed by atoms with Crippen LogP contribution in [0, 0.1) is 11.3 Å². The number of rotatable bonds is 8. The van der Waals surface area contributed by atoms with Gasteiger partial charge in [0.1, 0.15) is 11.5 Å². The number of sulfone groups is 2. The third kappa shape index (κ3) is 4.42. The van der Waals surface area contributed by atoms with Crippen molar-refractivity contribution in [3.63, 3.8) is 0 Å². The van der Waals surface area contributed by atoms with Crippen LogP contribution in [0.1, 0.15) is 23.0 Å². The van der Waals surface area contributed by atoms with Crippen LogP contribution in [0.3, 0.4) is 0 Å². The molecule has 0 bridgehead atoms. The summed E-state index contributed by atoms with van der Waals surface area (Å²) in [7, 11) is -6.01. The minimum Gasteiger partial charge on any atom is -0.497 e. The van der Waals surface area contributed by atoms with Gasteiger partial charge < -0.3 is 15.2 Å². The van der Waals surface area contributed by atoms with Gasteiger partial charge in [-0.15, -0.1) is 0 Å². The number of methoxy groups -OCH3 is 2. The second-order valence-electron chi connectivity index (χ2n) is 9.76. The highest BCUT2D eigenvalue weighted by Crippen LogP contribution is 2.60. The quantitative estimate of drug-likeness (QED) is 0.300. The summed E-state index contributed by atoms with van der Waals surface area (Å²) in [5.74, 6) is -1.37. The van der Waals surface area contributed by atoms with Gasteiger partial charge in [0.25, 0.3) is 0 Å². The maximum absolute atomic E-state index is 14.6. The molecule has 4 aromatic rings. The molecule has 0 spiro atoms. The van der Waals surface area contributed by atoms with E-state index < -0.39 is 42.0 Å². The van der Waals surface area contributed by atoms with E-state index in [4.69, 9.17) is 15.2 Å². The Morgan fingerprint density at radius 3 is 1.60 bits per heavy atom. The summed E-state index contributed by atoms with van der Waals surface area (Å²) in [6.45, 7) is 0. The lowest BCUT2D eigenvalue weighted by Gasteiger charge is -2.33. The molecule has 1 aliphatic rings. The summed E-state index contributed by atoms with van der Waals surface area (Å²) < 4.78 is 66.2. The number of hydrogen-bond donors (Lipinski definition) is 1. The lowest BCUT2D eigenvalue weighted by Crippen LogP contribution is -2.45. The van der Waals surface area contributed by atoms with Crippen molar-refractivity contribution in [1.29, 1.82) is 5.26 Å². The van der Waals surface area contributed by atoms with Crippen molar-refractivity contribution in [2.75, 3.05) is 14.2 Å². The van der Waals surface area contributed by atoms with Gasteiger partial charge in [-0.3, -0.25) is 0 Å². The molecular weight excluding hydrogens is 572 g/mol. The molecule has 0 radical (unpaired) electrons. The molecular formula is C32H28N2O6S2. The number of nitriles is 1. The third-order valence-electron chi connectivity index (χ3n) is 7.66. The second kappa shape index (κ2) is 11.0. The molecule has 3 atom stereocenters. The maximum atomic E-state index is 14.6. The molecule has 0 unspecified atom stereocenters. The SMILES string of the molecule is COc1ccc([C@H]2C(S(=O)(=O)c3ccccc3)=C(N)[C@@](C#N)(S(=O)(=O)c3ccccc3)[C@@H]2c2ccc(OC)cc2)cc1. The van der Waals surface area contributed by atoms with Gasteiger partial charge in [0, 0.05) is 11.8 Å². The largest absolute Gasteiger partial charge is 0.497 e. The Bertz CT molecular complexity index is 1880. The van der Waals surface area contributed by atoms with Gasteiger partial charge in [-0.2, -0.15) is 5.26 Å². The summed E-state index contributed by atoms with van der Waals surface area (Å²) in [5, 5.41) is 10.9. The van der Waals surface area contributed by atoms with Crippen molar-refractivity contribution in [2.45, 2.75) is 26.4 Å². The van der Waals surface area contributed by atoms with Gasteiger partial charge in [-0.05, 0) is 59.7 Å². The zero-order valence-electron chi connectivity index (χ0n) is 22.8. The van der Waals surface area contributed by atoms with E-state index in [1.165, 1.54) is 50.6 Å². The fraction of sp³-hybridized carbons (Fsp3) is 0.156. The summed E-state index contributed by atoms with van der Waals surface area (Å²) in [4.78, 5) is -0.554. The average Bonchev–Trinajstić information content (AvgIpc) is 3.32. The standard InChI is InChI=1S/C32H28N2O6S2/c1-39-24-17-13-22(14-18-24)28-29(23-15-19-25(40-2)20-16-23)32(21-33,42(37,38)27-11-7-4-8-12-27)31(34)30(28)41(35,36)26-9-5-3-6-10-26/h3-20,28-29H,34H2,1-2H3/t28-,29-,32+/m1/s1. The highest BCUT2D eigenvalue weighted by Gasteiger charge is 2.65. The van der Waals surface area contributed by atoms with E-state index in [1.54, 1.807) is 72.8 Å². The van der Waals surface area contributed by atoms with Crippen LogP contribution in [0.4, 0.5) is 0 Å². The molecule has 10 heteroatoms. The molecule has 214 valence electrons. The summed E-state index contributed by atoms with van der Waals surface area (Å²) in [6.07, 6.45) is 0. The van der Waals surface area contributed by atoms with Crippen LogP contribution in [0.5, 0.6) is 11.5 Å². The first kappa shape index (κ1) is 28.9. The van der Waals surface area contributed by atoms with Gasteiger partial charge in [0.15, 0.2) is 0 Å². The number of ether oxygens (including phenoxy) is 2. The lowest BCUT2D eigenvalue weighted by molar-refractivity contribution is 0.414. The Morgan fingerprint density at radius 2 is 1.14 bits per heavy atom. The van der Waals surface area contributed by atoms with Gasteiger partial charge in [-0.1, -0.05) is 60.7 Å². The van der Waals surface area contributed by atoms with Crippen molar-refractivity contribution in [3.05, 3.63) is 131 Å². The van der Waals surface area contributed by atoms with Gasteiger partial charge >= 0.3 is 0 Å². The molecule has 0 fully saturated rings. The molecule has 0 saturated carbocycles. The Morgan fingerprint density at radius 1 is 0.690 bits per heavy atom. The molecule has 5 rings (SSSR count). The van der Waals surface area contributed by atoms with E-state index in [0.717, 1.165) is 0 Å². The van der Waals surface area contributed by atoms with E-state index in [-0.39, 0.29) is 14.7 Å². The fourth-order valence-corrected chi connectivity index (χ4v) is 9.53. The van der Waals surface area contributed by atoms with E-state index >= 15 is 0 Å². The smallest absolute Gasteiger partial charge is 0.210 e. The van der Waals surface area contributed by atoms with Crippen molar-refractivity contribution < 1.29 is 26.3 Å². The van der Waals surface area contributed by atoms with Gasteiger partial charge in [-0.25, -0.2) is 16.8 Å². The predicted molar refractivity (Wildman–Crippen MR) is 158 cm³/mol. The molecule has 2 N–H and O–H groups in total. The Kier molecular flexibility index (Phi) is 7.58. The minimum atomic E-state index is -4.61. The van der Waals surface area contributed by atoms with Crippen LogP contribution in [0.2, 0.25) is 0 Å². The monoisotopic (exact) mass is 600 g/mol. The highest BCUT2D eigenvalue weighted by molar-refractivity contribution is 7.96. The third-order valence-corrected chi connectivity index (χ3v) is 11.9. The molecule has 4 aromatic carbocycles. The molecule has 1 aliphatic carbocycles. The van der Waals surface area contributed by atoms with E-state index in [9.17, 15) is 22.1 Å². The fourth-order valence-electron chi connectivity index (χ4n) is 5.62. The first-order valence-corrected chi connectivity index (χ1v) is 15.9. The Balaban J connectivity index is 1.92. The van der Waals surface area contributed by atoms with E-state index in [0.29, 0.717) is 22.6 Å². The molecule has 8 nitrogen and oxygen atoms in total. The Hall–Kier alpha value is -4.59. The summed E-state index contributed by atoms with van der Waals surface area (Å²) >= 11 is 0. The zero-order valence-corrected chi connectivity index (χ0v) is 24.5. The Labute approximate surface area is 245 Å². The number of allylic oxidation sites excluding steroid dienone is 1. The van der Waals surface area contributed by atoms with E-state index in [1.807, 2.05) is 6.07 Å². The number of nitrogens with two attached hydrogens (primary N) is 1. The van der Waals surface area contributed by atoms with Crippen molar-refractivity contribution in [1.82, 2.24) is 0 Å². The highest BCUT2D eigenvalue weighted by atomic mass is 32.2. The molecule has 0 heterocycles. The lowest BCUT2D eigenvalue weighted by atomic mass is 9.78. The first-order valence-electron chi connectivity index (χ1n) is 12.9. The number of hydrogen-bond acceptors (Lipinski definition) is 8. The predicted octanol–water partition coefficient (Wildman–Crippen LogP) is 4.97. The van der Waals surface area contributed by atoms with Crippen molar-refractivity contribution in [2.24, 2.45) is 5.73 Å². The second-order valence-corrected chi connectivity index (χ2v) is 13.8. The summed E-state index contributed by atoms with van der Waals surface area (Å²) in [5.41, 5.74) is 7.06. The van der Waals surface area contributed by atoms with Crippen LogP contribution in [0.15, 0.2) is 130 Å². The number of benzene rings is 4. The van der Waals surface area contributed by atoms with Gasteiger partial charge in [0.2, 0.25) is 24.4 Å². The number of nitrogens with zero attached hydrogens (tertiary/aromatic N) is 1. The van der Waals surface area contributed by atoms with Crippen LogP contribution in [-0.4, -0.2) is 35.8 Å². The van der Waals surface area contributed by atoms with E-state index in [2.05, 4.69) is 0 Å². The molecule has 0 amide bonds. The normalized spacial score (nSPS) is 20.6. The molecule has 0 aromatic heterocycles. The van der Waals surface area contributed by atoms with Crippen LogP contribution >= 0.6 is 0 Å². The molecule has 0 saturated heterocycles. The molecule has 42 heavy (non-hydrogen) atoms. The summed E-state index contributed by atoms with van der Waals surface area (Å²) in [6, 6.07) is 30.3. The van der Waals surface area contributed by atoms with Crippen molar-refractivity contribution in [3.8, 4) is 17.6 Å². The first-order chi connectivity index (χ1) is 20.1. The van der Waals surface area contributed by atoms with Crippen molar-refractivity contribution >= 4 is 19.7 Å². The van der Waals surface area contributed by atoms with Crippen LogP contribution in [0.25, 0.3) is 0 Å².